The van der Waals surface area contributed by atoms with Crippen molar-refractivity contribution in [3.05, 3.63) is 17.6 Å². The molecule has 5 nitrogen and oxygen atoms in total. The number of hydrogen-bond donors (Lipinski definition) is 1. The van der Waals surface area contributed by atoms with E-state index < -0.39 is 10.0 Å². The van der Waals surface area contributed by atoms with Crippen LogP contribution in [0.15, 0.2) is 15.4 Å². The zero-order valence-electron chi connectivity index (χ0n) is 12.8. The largest absolute Gasteiger partial charge is 0.464 e. The second-order valence-electron chi connectivity index (χ2n) is 6.11. The number of nitrogens with zero attached hydrogens (tertiary/aromatic N) is 1. The van der Waals surface area contributed by atoms with Crippen molar-refractivity contribution >= 4 is 10.0 Å². The molecule has 1 aliphatic heterocycles. The first-order valence-electron chi connectivity index (χ1n) is 7.87. The number of aryl methyl sites for hydroxylation is 1. The van der Waals surface area contributed by atoms with Crippen molar-refractivity contribution in [3.63, 3.8) is 0 Å². The summed E-state index contributed by atoms with van der Waals surface area (Å²) in [6.45, 7) is 5.02. The highest BCUT2D eigenvalue weighted by Crippen LogP contribution is 2.31. The lowest BCUT2D eigenvalue weighted by Crippen LogP contribution is -2.35. The molecular formula is C15H24N2O3S. The molecule has 6 heteroatoms. The van der Waals surface area contributed by atoms with Crippen molar-refractivity contribution in [1.29, 1.82) is 0 Å². The maximum Gasteiger partial charge on any atom is 0.246 e. The van der Waals surface area contributed by atoms with Gasteiger partial charge >= 0.3 is 0 Å². The van der Waals surface area contributed by atoms with Gasteiger partial charge in [0.25, 0.3) is 0 Å². The first-order chi connectivity index (χ1) is 10.0. The maximum absolute atomic E-state index is 12.8. The van der Waals surface area contributed by atoms with Crippen LogP contribution < -0.4 is 5.32 Å². The summed E-state index contributed by atoms with van der Waals surface area (Å²) in [4.78, 5) is 0.343. The molecule has 118 valence electrons. The molecule has 2 fully saturated rings. The van der Waals surface area contributed by atoms with E-state index in [4.69, 9.17) is 4.42 Å². The van der Waals surface area contributed by atoms with Crippen molar-refractivity contribution in [2.24, 2.45) is 0 Å². The zero-order valence-corrected chi connectivity index (χ0v) is 13.6. The third-order valence-electron chi connectivity index (χ3n) is 4.45. The van der Waals surface area contributed by atoms with Crippen LogP contribution in [0.1, 0.15) is 50.5 Å². The molecule has 3 rings (SSSR count). The normalized spacial score (nSPS) is 23.8. The fraction of sp³-hybridized carbons (Fsp3) is 0.733. The van der Waals surface area contributed by atoms with Gasteiger partial charge in [-0.25, -0.2) is 8.42 Å². The lowest BCUT2D eigenvalue weighted by molar-refractivity contribution is 0.378. The van der Waals surface area contributed by atoms with Crippen molar-refractivity contribution in [2.45, 2.75) is 69.5 Å². The maximum atomic E-state index is 12.8. The Labute approximate surface area is 126 Å². The topological polar surface area (TPSA) is 62.6 Å². The fourth-order valence-electron chi connectivity index (χ4n) is 3.06. The molecular weight excluding hydrogens is 288 g/mol. The van der Waals surface area contributed by atoms with E-state index in [1.165, 1.54) is 12.8 Å². The summed E-state index contributed by atoms with van der Waals surface area (Å²) in [5.41, 5.74) is 0. The molecule has 0 bridgehead atoms. The SMILES string of the molecule is CCC1CCCN1S(=O)(=O)c1cc(CNC2CC2)oc1C. The molecule has 0 radical (unpaired) electrons. The summed E-state index contributed by atoms with van der Waals surface area (Å²) >= 11 is 0. The van der Waals surface area contributed by atoms with E-state index in [0.717, 1.165) is 19.3 Å². The molecule has 0 aromatic carbocycles. The highest BCUT2D eigenvalue weighted by Gasteiger charge is 2.36. The molecule has 2 heterocycles. The van der Waals surface area contributed by atoms with Crippen LogP contribution >= 0.6 is 0 Å². The van der Waals surface area contributed by atoms with E-state index in [1.807, 2.05) is 6.92 Å². The van der Waals surface area contributed by atoms with Gasteiger partial charge in [-0.05, 0) is 39.0 Å². The molecule has 1 atom stereocenters. The lowest BCUT2D eigenvalue weighted by atomic mass is 10.2. The van der Waals surface area contributed by atoms with Crippen molar-refractivity contribution < 1.29 is 12.8 Å². The smallest absolute Gasteiger partial charge is 0.246 e. The first-order valence-corrected chi connectivity index (χ1v) is 9.31. The van der Waals surface area contributed by atoms with Gasteiger partial charge in [0.2, 0.25) is 10.0 Å². The van der Waals surface area contributed by atoms with Gasteiger partial charge in [0.05, 0.1) is 6.54 Å². The predicted octanol–water partition coefficient (Wildman–Crippen LogP) is 2.40. The summed E-state index contributed by atoms with van der Waals surface area (Å²) < 4.78 is 33.0. The van der Waals surface area contributed by atoms with Crippen LogP contribution in [0.4, 0.5) is 0 Å². The van der Waals surface area contributed by atoms with Crippen LogP contribution in [-0.2, 0) is 16.6 Å². The second kappa shape index (κ2) is 5.74. The molecule has 21 heavy (non-hydrogen) atoms. The standard InChI is InChI=1S/C15H24N2O3S/c1-3-13-5-4-8-17(13)21(18,19)15-9-14(20-11(15)2)10-16-12-6-7-12/h9,12-13,16H,3-8,10H2,1-2H3. The average Bonchev–Trinajstić information content (AvgIpc) is 3.00. The third-order valence-corrected chi connectivity index (χ3v) is 6.51. The Morgan fingerprint density at radius 1 is 1.38 bits per heavy atom. The summed E-state index contributed by atoms with van der Waals surface area (Å²) in [5.74, 6) is 1.22. The minimum Gasteiger partial charge on any atom is -0.464 e. The molecule has 1 saturated heterocycles. The monoisotopic (exact) mass is 312 g/mol. The number of sulfonamides is 1. The Hall–Kier alpha value is -0.850. The number of rotatable bonds is 6. The van der Waals surface area contributed by atoms with Crippen molar-refractivity contribution in [1.82, 2.24) is 9.62 Å². The highest BCUT2D eigenvalue weighted by atomic mass is 32.2. The Bertz CT molecular complexity index is 604. The molecule has 1 aliphatic carbocycles. The fourth-order valence-corrected chi connectivity index (χ4v) is 5.01. The van der Waals surface area contributed by atoms with Gasteiger partial charge in [-0.15, -0.1) is 0 Å². The van der Waals surface area contributed by atoms with E-state index in [-0.39, 0.29) is 6.04 Å². The molecule has 0 spiro atoms. The molecule has 1 aromatic rings. The van der Waals surface area contributed by atoms with E-state index >= 15 is 0 Å². The molecule has 1 saturated carbocycles. The molecule has 1 aromatic heterocycles. The Morgan fingerprint density at radius 3 is 2.81 bits per heavy atom. The summed E-state index contributed by atoms with van der Waals surface area (Å²) in [7, 11) is -3.42. The second-order valence-corrected chi connectivity index (χ2v) is 7.97. The minimum absolute atomic E-state index is 0.136. The number of hydrogen-bond acceptors (Lipinski definition) is 4. The summed E-state index contributed by atoms with van der Waals surface area (Å²) in [5, 5.41) is 3.35. The van der Waals surface area contributed by atoms with E-state index in [9.17, 15) is 8.42 Å². The van der Waals surface area contributed by atoms with Gasteiger partial charge in [-0.3, -0.25) is 0 Å². The van der Waals surface area contributed by atoms with Gasteiger partial charge in [0.15, 0.2) is 0 Å². The number of furan rings is 1. The van der Waals surface area contributed by atoms with Crippen LogP contribution in [0.2, 0.25) is 0 Å². The van der Waals surface area contributed by atoms with E-state index in [2.05, 4.69) is 5.32 Å². The highest BCUT2D eigenvalue weighted by molar-refractivity contribution is 7.89. The predicted molar refractivity (Wildman–Crippen MR) is 80.5 cm³/mol. The molecule has 1 N–H and O–H groups in total. The Balaban J connectivity index is 1.80. The first kappa shape index (κ1) is 15.1. The van der Waals surface area contributed by atoms with Crippen LogP contribution in [-0.4, -0.2) is 31.4 Å². The Morgan fingerprint density at radius 2 is 2.14 bits per heavy atom. The van der Waals surface area contributed by atoms with Gasteiger partial charge in [0.1, 0.15) is 16.4 Å². The lowest BCUT2D eigenvalue weighted by Gasteiger charge is -2.22. The van der Waals surface area contributed by atoms with Crippen LogP contribution in [0.25, 0.3) is 0 Å². The minimum atomic E-state index is -3.42. The molecule has 2 aliphatic rings. The number of nitrogens with one attached hydrogen (secondary N) is 1. The quantitative estimate of drug-likeness (QED) is 0.876. The van der Waals surface area contributed by atoms with Gasteiger partial charge in [0, 0.05) is 24.7 Å². The van der Waals surface area contributed by atoms with E-state index in [0.29, 0.717) is 35.5 Å². The molecule has 0 amide bonds. The van der Waals surface area contributed by atoms with Gasteiger partial charge < -0.3 is 9.73 Å². The van der Waals surface area contributed by atoms with Crippen LogP contribution in [0, 0.1) is 6.92 Å². The Kier molecular flexibility index (Phi) is 4.12. The van der Waals surface area contributed by atoms with E-state index in [1.54, 1.807) is 17.3 Å². The average molecular weight is 312 g/mol. The van der Waals surface area contributed by atoms with Gasteiger partial charge in [-0.1, -0.05) is 6.92 Å². The third kappa shape index (κ3) is 3.03. The summed E-state index contributed by atoms with van der Waals surface area (Å²) in [6, 6.07) is 2.42. The zero-order chi connectivity index (χ0) is 15.0. The summed E-state index contributed by atoms with van der Waals surface area (Å²) in [6.07, 6.45) is 5.19. The van der Waals surface area contributed by atoms with Gasteiger partial charge in [-0.2, -0.15) is 4.31 Å². The van der Waals surface area contributed by atoms with Crippen molar-refractivity contribution in [2.75, 3.05) is 6.54 Å². The molecule has 1 unspecified atom stereocenters. The van der Waals surface area contributed by atoms with Crippen LogP contribution in [0.3, 0.4) is 0 Å². The van der Waals surface area contributed by atoms with Crippen molar-refractivity contribution in [3.8, 4) is 0 Å². The van der Waals surface area contributed by atoms with Crippen LogP contribution in [0.5, 0.6) is 0 Å².